The molecule has 0 bridgehead atoms. The van der Waals surface area contributed by atoms with Gasteiger partial charge in [0.15, 0.2) is 0 Å². The molecule has 0 fully saturated rings. The molecule has 0 saturated carbocycles. The maximum atomic E-state index is 2.46. The minimum atomic E-state index is 1.09. The number of hydrogen-bond acceptors (Lipinski definition) is 1. The highest BCUT2D eigenvalue weighted by Gasteiger charge is 2.18. The summed E-state index contributed by atoms with van der Waals surface area (Å²) in [5.41, 5.74) is 16.4. The van der Waals surface area contributed by atoms with Crippen molar-refractivity contribution < 1.29 is 0 Å². The molecule has 0 N–H and O–H groups in total. The van der Waals surface area contributed by atoms with Crippen molar-refractivity contribution in [3.05, 3.63) is 255 Å². The second kappa shape index (κ2) is 15.8. The van der Waals surface area contributed by atoms with Gasteiger partial charge in [0, 0.05) is 39.1 Å². The predicted octanol–water partition coefficient (Wildman–Crippen LogP) is 17.2. The van der Waals surface area contributed by atoms with Crippen molar-refractivity contribution in [1.82, 2.24) is 4.57 Å². The molecule has 0 aliphatic carbocycles. The van der Waals surface area contributed by atoms with E-state index in [2.05, 4.69) is 264 Å². The number of benzene rings is 11. The van der Waals surface area contributed by atoms with E-state index in [1.807, 2.05) is 0 Å². The Morgan fingerprint density at radius 2 is 0.734 bits per heavy atom. The molecule has 0 aliphatic heterocycles. The summed E-state index contributed by atoms with van der Waals surface area (Å²) in [5.74, 6) is 0. The molecule has 0 spiro atoms. The Morgan fingerprint density at radius 1 is 0.266 bits per heavy atom. The summed E-state index contributed by atoms with van der Waals surface area (Å²) in [6.07, 6.45) is 0. The van der Waals surface area contributed by atoms with Crippen LogP contribution in [0.25, 0.3) is 93.5 Å². The lowest BCUT2D eigenvalue weighted by Gasteiger charge is -2.26. The van der Waals surface area contributed by atoms with Crippen molar-refractivity contribution in [3.63, 3.8) is 0 Å². The van der Waals surface area contributed by atoms with Gasteiger partial charge in [0.1, 0.15) is 0 Å². The van der Waals surface area contributed by atoms with E-state index in [0.29, 0.717) is 0 Å². The smallest absolute Gasteiger partial charge is 0.0619 e. The molecule has 0 saturated heterocycles. The van der Waals surface area contributed by atoms with Crippen molar-refractivity contribution in [2.24, 2.45) is 0 Å². The van der Waals surface area contributed by atoms with Gasteiger partial charge in [0.2, 0.25) is 0 Å². The van der Waals surface area contributed by atoms with Crippen LogP contribution in [0.15, 0.2) is 255 Å². The van der Waals surface area contributed by atoms with Gasteiger partial charge in [-0.2, -0.15) is 0 Å². The van der Waals surface area contributed by atoms with Crippen molar-refractivity contribution >= 4 is 60.4 Å². The van der Waals surface area contributed by atoms with Crippen LogP contribution in [0.3, 0.4) is 0 Å². The monoisotopic (exact) mass is 814 g/mol. The first-order valence-corrected chi connectivity index (χ1v) is 22.0. The van der Waals surface area contributed by atoms with Crippen molar-refractivity contribution in [2.45, 2.75) is 0 Å². The van der Waals surface area contributed by atoms with E-state index < -0.39 is 0 Å². The summed E-state index contributed by atoms with van der Waals surface area (Å²) in [7, 11) is 0. The van der Waals surface area contributed by atoms with Gasteiger partial charge in [-0.15, -0.1) is 0 Å². The fourth-order valence-electron chi connectivity index (χ4n) is 9.64. The maximum absolute atomic E-state index is 2.46. The molecule has 0 aliphatic rings. The van der Waals surface area contributed by atoms with Crippen LogP contribution in [0.4, 0.5) is 17.1 Å². The first-order valence-electron chi connectivity index (χ1n) is 22.0. The number of anilines is 3. The molecular weight excluding hydrogens is 773 g/mol. The normalized spacial score (nSPS) is 11.4. The van der Waals surface area contributed by atoms with Gasteiger partial charge in [-0.3, -0.25) is 0 Å². The number of aromatic nitrogens is 1. The lowest BCUT2D eigenvalue weighted by atomic mass is 9.96. The molecule has 12 rings (SSSR count). The second-order valence-electron chi connectivity index (χ2n) is 16.5. The third-order valence-corrected chi connectivity index (χ3v) is 12.8. The molecule has 0 unspecified atom stereocenters. The molecule has 2 nitrogen and oxygen atoms in total. The molecule has 64 heavy (non-hydrogen) atoms. The fourth-order valence-corrected chi connectivity index (χ4v) is 9.64. The average Bonchev–Trinajstić information content (AvgIpc) is 3.72. The van der Waals surface area contributed by atoms with Gasteiger partial charge >= 0.3 is 0 Å². The third-order valence-electron chi connectivity index (χ3n) is 12.8. The summed E-state index contributed by atoms with van der Waals surface area (Å²) >= 11 is 0. The van der Waals surface area contributed by atoms with Crippen LogP contribution in [0.2, 0.25) is 0 Å². The van der Waals surface area contributed by atoms with Gasteiger partial charge < -0.3 is 9.47 Å². The summed E-state index contributed by atoms with van der Waals surface area (Å²) in [4.78, 5) is 2.35. The van der Waals surface area contributed by atoms with E-state index in [0.717, 1.165) is 33.9 Å². The predicted molar refractivity (Wildman–Crippen MR) is 272 cm³/mol. The Morgan fingerprint density at radius 3 is 1.39 bits per heavy atom. The number of rotatable bonds is 8. The zero-order valence-electron chi connectivity index (χ0n) is 35.1. The lowest BCUT2D eigenvalue weighted by Crippen LogP contribution is -2.09. The molecule has 1 heterocycles. The molecule has 1 aromatic heterocycles. The molecule has 2 heteroatoms. The zero-order valence-corrected chi connectivity index (χ0v) is 35.1. The Balaban J connectivity index is 0.936. The maximum Gasteiger partial charge on any atom is 0.0619 e. The minimum absolute atomic E-state index is 1.09. The molecule has 12 aromatic rings. The topological polar surface area (TPSA) is 8.17 Å². The Bertz CT molecular complexity index is 3540. The van der Waals surface area contributed by atoms with Crippen LogP contribution in [-0.2, 0) is 0 Å². The van der Waals surface area contributed by atoms with E-state index in [-0.39, 0.29) is 0 Å². The highest BCUT2D eigenvalue weighted by molar-refractivity contribution is 6.15. The fraction of sp³-hybridized carbons (Fsp3) is 0. The van der Waals surface area contributed by atoms with Crippen LogP contribution >= 0.6 is 0 Å². The van der Waals surface area contributed by atoms with Crippen LogP contribution in [0.5, 0.6) is 0 Å². The molecule has 0 radical (unpaired) electrons. The first kappa shape index (κ1) is 37.3. The van der Waals surface area contributed by atoms with Gasteiger partial charge in [-0.1, -0.05) is 194 Å². The number of para-hydroxylation sites is 2. The van der Waals surface area contributed by atoms with E-state index in [1.165, 1.54) is 76.7 Å². The SMILES string of the molecule is c1ccc(-c2ccc(N(c3ccc(-c4ccccc4)cc3)c3ccc(-c4cccc(-n5c6ccccc6c6cccc(-c7ccc8c(ccc9ccccc98)c7)c65)c4)cc3)cc2)cc1. The molecule has 11 aromatic carbocycles. The molecule has 300 valence electrons. The average molecular weight is 815 g/mol. The third kappa shape index (κ3) is 6.61. The molecule has 0 atom stereocenters. The highest BCUT2D eigenvalue weighted by Crippen LogP contribution is 2.41. The van der Waals surface area contributed by atoms with E-state index in [4.69, 9.17) is 0 Å². The summed E-state index contributed by atoms with van der Waals surface area (Å²) in [6, 6.07) is 92.6. The summed E-state index contributed by atoms with van der Waals surface area (Å²) in [5, 5.41) is 7.56. The van der Waals surface area contributed by atoms with E-state index in [9.17, 15) is 0 Å². The van der Waals surface area contributed by atoms with Gasteiger partial charge in [-0.25, -0.2) is 0 Å². The quantitative estimate of drug-likeness (QED) is 0.139. The zero-order chi connectivity index (χ0) is 42.4. The first-order chi connectivity index (χ1) is 31.7. The van der Waals surface area contributed by atoms with Crippen molar-refractivity contribution in [2.75, 3.05) is 4.90 Å². The van der Waals surface area contributed by atoms with Crippen molar-refractivity contribution in [1.29, 1.82) is 0 Å². The van der Waals surface area contributed by atoms with Crippen LogP contribution in [0.1, 0.15) is 0 Å². The lowest BCUT2D eigenvalue weighted by molar-refractivity contribution is 1.18. The van der Waals surface area contributed by atoms with Gasteiger partial charge in [0.25, 0.3) is 0 Å². The standard InChI is InChI=1S/C62H42N2/c1-3-13-43(14-4-1)45-27-34-52(35-28-45)63(53-36-29-46(30-37-53)44-15-5-2-6-16-44)54-38-31-47(32-39-54)49-18-11-19-55(42-49)64-61-24-10-9-21-59(61)60-23-12-22-58(62(60)64)51-33-40-57-50(41-51)26-25-48-17-7-8-20-56(48)57/h1-42H. The second-order valence-corrected chi connectivity index (χ2v) is 16.5. The number of fused-ring (bicyclic) bond motifs is 6. The van der Waals surface area contributed by atoms with E-state index in [1.54, 1.807) is 0 Å². The van der Waals surface area contributed by atoms with Crippen LogP contribution < -0.4 is 4.90 Å². The van der Waals surface area contributed by atoms with Crippen LogP contribution in [0, 0.1) is 0 Å². The van der Waals surface area contributed by atoms with Crippen molar-refractivity contribution in [3.8, 4) is 50.2 Å². The van der Waals surface area contributed by atoms with E-state index >= 15 is 0 Å². The Labute approximate surface area is 373 Å². The molecule has 0 amide bonds. The molecular formula is C62H42N2. The van der Waals surface area contributed by atoms with Gasteiger partial charge in [-0.05, 0) is 121 Å². The largest absolute Gasteiger partial charge is 0.311 e. The number of nitrogens with zero attached hydrogens (tertiary/aromatic N) is 2. The Hall–Kier alpha value is -8.46. The Kier molecular flexibility index (Phi) is 9.20. The summed E-state index contributed by atoms with van der Waals surface area (Å²) in [6.45, 7) is 0. The van der Waals surface area contributed by atoms with Crippen LogP contribution in [-0.4, -0.2) is 4.57 Å². The minimum Gasteiger partial charge on any atom is -0.311 e. The van der Waals surface area contributed by atoms with Gasteiger partial charge in [0.05, 0.1) is 11.0 Å². The summed E-state index contributed by atoms with van der Waals surface area (Å²) < 4.78 is 2.46. The number of hydrogen-bond donors (Lipinski definition) is 0. The highest BCUT2D eigenvalue weighted by atomic mass is 15.1.